The zero-order valence-electron chi connectivity index (χ0n) is 9.05. The third-order valence-corrected chi connectivity index (χ3v) is 2.17. The van der Waals surface area contributed by atoms with Gasteiger partial charge in [-0.15, -0.1) is 0 Å². The number of rotatable bonds is 5. The van der Waals surface area contributed by atoms with E-state index in [0.29, 0.717) is 5.56 Å². The second kappa shape index (κ2) is 6.02. The van der Waals surface area contributed by atoms with Crippen molar-refractivity contribution in [2.75, 3.05) is 7.11 Å². The van der Waals surface area contributed by atoms with Crippen molar-refractivity contribution in [3.05, 3.63) is 35.9 Å². The number of hydrogen-bond acceptors (Lipinski definition) is 4. The maximum Gasteiger partial charge on any atom is 0.313 e. The average Bonchev–Trinajstić information content (AvgIpc) is 2.29. The van der Waals surface area contributed by atoms with Gasteiger partial charge in [-0.2, -0.15) is 0 Å². The largest absolute Gasteiger partial charge is 0.469 e. The lowest BCUT2D eigenvalue weighted by atomic mass is 10.0. The Morgan fingerprint density at radius 1 is 1.31 bits per heavy atom. The van der Waals surface area contributed by atoms with Gasteiger partial charge in [-0.05, 0) is 5.56 Å². The van der Waals surface area contributed by atoms with Gasteiger partial charge in [0.05, 0.1) is 13.2 Å². The molecule has 0 aliphatic heterocycles. The zero-order chi connectivity index (χ0) is 12.0. The topological polar surface area (TPSA) is 63.6 Å². The number of carbonyl (C=O) groups excluding carboxylic acids is 2. The minimum atomic E-state index is -0.863. The first-order chi connectivity index (χ1) is 7.63. The van der Waals surface area contributed by atoms with E-state index in [1.807, 2.05) is 6.07 Å². The van der Waals surface area contributed by atoms with E-state index in [9.17, 15) is 14.7 Å². The predicted octanol–water partition coefficient (Wildman–Crippen LogP) is 1.24. The lowest BCUT2D eigenvalue weighted by Crippen LogP contribution is -2.12. The van der Waals surface area contributed by atoms with E-state index in [1.165, 1.54) is 7.11 Å². The van der Waals surface area contributed by atoms with E-state index >= 15 is 0 Å². The molecule has 1 atom stereocenters. The van der Waals surface area contributed by atoms with Crippen LogP contribution in [0.2, 0.25) is 0 Å². The number of Topliss-reactive ketones (excluding diaryl/α,β-unsaturated/α-hetero) is 1. The Morgan fingerprint density at radius 2 is 1.94 bits per heavy atom. The minimum absolute atomic E-state index is 0.0703. The summed E-state index contributed by atoms with van der Waals surface area (Å²) in [4.78, 5) is 22.2. The SMILES string of the molecule is COC(=O)CC(=O)C[C@@H](O)c1ccccc1. The molecular formula is C12H14O4. The molecule has 0 fully saturated rings. The quantitative estimate of drug-likeness (QED) is 0.601. The van der Waals surface area contributed by atoms with Crippen molar-refractivity contribution in [1.29, 1.82) is 0 Å². The van der Waals surface area contributed by atoms with Crippen LogP contribution in [0.5, 0.6) is 0 Å². The van der Waals surface area contributed by atoms with Crippen molar-refractivity contribution in [2.24, 2.45) is 0 Å². The molecule has 0 radical (unpaired) electrons. The average molecular weight is 222 g/mol. The lowest BCUT2D eigenvalue weighted by Gasteiger charge is -2.09. The monoisotopic (exact) mass is 222 g/mol. The van der Waals surface area contributed by atoms with E-state index < -0.39 is 12.1 Å². The Bertz CT molecular complexity index is 359. The number of ether oxygens (including phenoxy) is 1. The molecule has 0 amide bonds. The van der Waals surface area contributed by atoms with Crippen LogP contribution < -0.4 is 0 Å². The van der Waals surface area contributed by atoms with Crippen LogP contribution >= 0.6 is 0 Å². The van der Waals surface area contributed by atoms with Crippen molar-refractivity contribution < 1.29 is 19.4 Å². The number of ketones is 1. The summed E-state index contributed by atoms with van der Waals surface area (Å²) in [6.07, 6.45) is -1.22. The molecule has 86 valence electrons. The van der Waals surface area contributed by atoms with Crippen LogP contribution in [0.1, 0.15) is 24.5 Å². The van der Waals surface area contributed by atoms with Gasteiger partial charge < -0.3 is 9.84 Å². The summed E-state index contributed by atoms with van der Waals surface area (Å²) in [6.45, 7) is 0. The molecule has 0 heterocycles. The summed E-state index contributed by atoms with van der Waals surface area (Å²) < 4.78 is 4.37. The predicted molar refractivity (Wildman–Crippen MR) is 57.7 cm³/mol. The fourth-order valence-electron chi connectivity index (χ4n) is 1.31. The fraction of sp³-hybridized carbons (Fsp3) is 0.333. The highest BCUT2D eigenvalue weighted by Gasteiger charge is 2.15. The first-order valence-electron chi connectivity index (χ1n) is 4.95. The molecule has 0 saturated carbocycles. The summed E-state index contributed by atoms with van der Waals surface area (Å²) >= 11 is 0. The van der Waals surface area contributed by atoms with Crippen LogP contribution in [0.15, 0.2) is 30.3 Å². The highest BCUT2D eigenvalue weighted by atomic mass is 16.5. The number of esters is 1. The first-order valence-corrected chi connectivity index (χ1v) is 4.95. The summed E-state index contributed by atoms with van der Waals surface area (Å²) in [7, 11) is 1.23. The van der Waals surface area contributed by atoms with Crippen molar-refractivity contribution >= 4 is 11.8 Å². The van der Waals surface area contributed by atoms with Gasteiger partial charge in [0, 0.05) is 6.42 Å². The molecule has 4 nitrogen and oxygen atoms in total. The van der Waals surface area contributed by atoms with Crippen LogP contribution in [0.25, 0.3) is 0 Å². The van der Waals surface area contributed by atoms with Crippen LogP contribution in [-0.4, -0.2) is 24.0 Å². The van der Waals surface area contributed by atoms with Crippen LogP contribution in [-0.2, 0) is 14.3 Å². The van der Waals surface area contributed by atoms with E-state index in [-0.39, 0.29) is 18.6 Å². The fourth-order valence-corrected chi connectivity index (χ4v) is 1.31. The molecule has 0 bridgehead atoms. The van der Waals surface area contributed by atoms with E-state index in [4.69, 9.17) is 0 Å². The van der Waals surface area contributed by atoms with Gasteiger partial charge >= 0.3 is 5.97 Å². The first kappa shape index (κ1) is 12.4. The van der Waals surface area contributed by atoms with Crippen LogP contribution in [0, 0.1) is 0 Å². The standard InChI is InChI=1S/C12H14O4/c1-16-12(15)8-10(13)7-11(14)9-5-3-2-4-6-9/h2-6,11,14H,7-8H2,1H3/t11-/m1/s1. The minimum Gasteiger partial charge on any atom is -0.469 e. The number of carbonyl (C=O) groups is 2. The van der Waals surface area contributed by atoms with Gasteiger partial charge in [-0.1, -0.05) is 30.3 Å². The molecule has 1 rings (SSSR count). The third kappa shape index (κ3) is 3.82. The van der Waals surface area contributed by atoms with E-state index in [1.54, 1.807) is 24.3 Å². The molecule has 0 aliphatic rings. The van der Waals surface area contributed by atoms with Crippen molar-refractivity contribution in [1.82, 2.24) is 0 Å². The molecule has 0 unspecified atom stereocenters. The second-order valence-corrected chi connectivity index (χ2v) is 3.42. The number of methoxy groups -OCH3 is 1. The number of aliphatic hydroxyl groups is 1. The van der Waals surface area contributed by atoms with E-state index in [0.717, 1.165) is 0 Å². The third-order valence-electron chi connectivity index (χ3n) is 2.17. The maximum absolute atomic E-state index is 11.3. The molecule has 0 aliphatic carbocycles. The van der Waals surface area contributed by atoms with Gasteiger partial charge in [-0.3, -0.25) is 9.59 Å². The van der Waals surface area contributed by atoms with Crippen molar-refractivity contribution in [3.8, 4) is 0 Å². The van der Waals surface area contributed by atoms with Gasteiger partial charge in [0.25, 0.3) is 0 Å². The van der Waals surface area contributed by atoms with Gasteiger partial charge in [-0.25, -0.2) is 0 Å². The molecule has 1 aromatic rings. The molecular weight excluding hydrogens is 208 g/mol. The summed E-state index contributed by atoms with van der Waals surface area (Å²) in [5.74, 6) is -0.909. The summed E-state index contributed by atoms with van der Waals surface area (Å²) in [6, 6.07) is 8.85. The molecule has 0 saturated heterocycles. The van der Waals surface area contributed by atoms with Crippen LogP contribution in [0.4, 0.5) is 0 Å². The Morgan fingerprint density at radius 3 is 2.50 bits per heavy atom. The lowest BCUT2D eigenvalue weighted by molar-refractivity contribution is -0.143. The Labute approximate surface area is 93.9 Å². The smallest absolute Gasteiger partial charge is 0.313 e. The van der Waals surface area contributed by atoms with E-state index in [2.05, 4.69) is 4.74 Å². The highest BCUT2D eigenvalue weighted by Crippen LogP contribution is 2.16. The number of aliphatic hydroxyl groups excluding tert-OH is 1. The van der Waals surface area contributed by atoms with Gasteiger partial charge in [0.2, 0.25) is 0 Å². The normalized spacial score (nSPS) is 11.9. The summed E-state index contributed by atoms with van der Waals surface area (Å²) in [5.41, 5.74) is 0.667. The molecule has 1 N–H and O–H groups in total. The molecule has 16 heavy (non-hydrogen) atoms. The Hall–Kier alpha value is -1.68. The molecule has 4 heteroatoms. The summed E-state index contributed by atoms with van der Waals surface area (Å²) in [5, 5.41) is 9.70. The van der Waals surface area contributed by atoms with Crippen molar-refractivity contribution in [3.63, 3.8) is 0 Å². The maximum atomic E-state index is 11.3. The Kier molecular flexibility index (Phi) is 4.66. The number of benzene rings is 1. The van der Waals surface area contributed by atoms with Gasteiger partial charge in [0.15, 0.2) is 0 Å². The number of hydrogen-bond donors (Lipinski definition) is 1. The second-order valence-electron chi connectivity index (χ2n) is 3.42. The molecule has 1 aromatic carbocycles. The molecule has 0 spiro atoms. The highest BCUT2D eigenvalue weighted by molar-refractivity contribution is 5.95. The van der Waals surface area contributed by atoms with Crippen molar-refractivity contribution in [2.45, 2.75) is 18.9 Å². The van der Waals surface area contributed by atoms with Crippen LogP contribution in [0.3, 0.4) is 0 Å². The molecule has 0 aromatic heterocycles. The zero-order valence-corrected chi connectivity index (χ0v) is 9.05. The Balaban J connectivity index is 2.49. The van der Waals surface area contributed by atoms with Gasteiger partial charge in [0.1, 0.15) is 12.2 Å².